The summed E-state index contributed by atoms with van der Waals surface area (Å²) in [6.07, 6.45) is 0.722. The van der Waals surface area contributed by atoms with E-state index in [4.69, 9.17) is 15.3 Å². The number of hydrogen-bond donors (Lipinski definition) is 3. The molecule has 0 saturated heterocycles. The molecule has 0 heterocycles. The molecule has 0 fully saturated rings. The molecule has 40 valence electrons. The quantitative estimate of drug-likeness (QED) is 0.342. The monoisotopic (exact) mass is 102 g/mol. The minimum atomic E-state index is -0.937. The fraction of sp³-hybridized carbons (Fsp3) is 0. The lowest BCUT2D eigenvalue weighted by Crippen LogP contribution is -1.76. The molecule has 0 unspecified atom stereocenters. The fourth-order valence-electron chi connectivity index (χ4n) is 0.149. The van der Waals surface area contributed by atoms with Gasteiger partial charge in [-0.05, 0) is 0 Å². The number of hydrogen-bond acceptors (Lipinski definition) is 3. The molecular formula is C4H6O3. The Morgan fingerprint density at radius 3 is 1.71 bits per heavy atom. The molecule has 3 N–H and O–H groups in total. The van der Waals surface area contributed by atoms with Crippen LogP contribution in [-0.2, 0) is 0 Å². The second-order valence-corrected chi connectivity index (χ2v) is 0.994. The van der Waals surface area contributed by atoms with Crippen LogP contribution in [0.25, 0.3) is 0 Å². The van der Waals surface area contributed by atoms with Gasteiger partial charge in [0.05, 0.1) is 6.08 Å². The lowest BCUT2D eigenvalue weighted by Gasteiger charge is -1.83. The number of allylic oxidation sites excluding steroid dienone is 1. The van der Waals surface area contributed by atoms with Gasteiger partial charge in [0.1, 0.15) is 5.76 Å². The van der Waals surface area contributed by atoms with E-state index < -0.39 is 5.95 Å². The Morgan fingerprint density at radius 2 is 1.71 bits per heavy atom. The van der Waals surface area contributed by atoms with E-state index in [0.717, 1.165) is 6.08 Å². The van der Waals surface area contributed by atoms with Crippen molar-refractivity contribution in [1.29, 1.82) is 0 Å². The summed E-state index contributed by atoms with van der Waals surface area (Å²) in [5.41, 5.74) is 0. The molecule has 0 bridgehead atoms. The van der Waals surface area contributed by atoms with E-state index in [9.17, 15) is 0 Å². The minimum absolute atomic E-state index is 0.375. The maximum Gasteiger partial charge on any atom is 0.277 e. The summed E-state index contributed by atoms with van der Waals surface area (Å²) in [7, 11) is 0. The fourth-order valence-corrected chi connectivity index (χ4v) is 0.149. The molecule has 0 aliphatic rings. The Kier molecular flexibility index (Phi) is 1.78. The normalized spacial score (nSPS) is 7.43. The van der Waals surface area contributed by atoms with Gasteiger partial charge in [-0.2, -0.15) is 0 Å². The zero-order valence-electron chi connectivity index (χ0n) is 3.63. The van der Waals surface area contributed by atoms with E-state index in [1.165, 1.54) is 0 Å². The van der Waals surface area contributed by atoms with Gasteiger partial charge in [0.25, 0.3) is 5.95 Å². The van der Waals surface area contributed by atoms with E-state index in [0.29, 0.717) is 0 Å². The van der Waals surface area contributed by atoms with Gasteiger partial charge in [-0.15, -0.1) is 0 Å². The Balaban J connectivity index is 3.68. The van der Waals surface area contributed by atoms with Crippen molar-refractivity contribution >= 4 is 0 Å². The number of aliphatic hydroxyl groups is 3. The molecule has 0 atom stereocenters. The van der Waals surface area contributed by atoms with Crippen molar-refractivity contribution in [2.24, 2.45) is 0 Å². The van der Waals surface area contributed by atoms with Gasteiger partial charge < -0.3 is 15.3 Å². The molecule has 0 radical (unpaired) electrons. The smallest absolute Gasteiger partial charge is 0.277 e. The van der Waals surface area contributed by atoms with Crippen molar-refractivity contribution in [1.82, 2.24) is 0 Å². The molecule has 0 aliphatic carbocycles. The Morgan fingerprint density at radius 1 is 1.29 bits per heavy atom. The first kappa shape index (κ1) is 5.88. The maximum atomic E-state index is 8.13. The lowest BCUT2D eigenvalue weighted by molar-refractivity contribution is 0.188. The van der Waals surface area contributed by atoms with Gasteiger partial charge in [0.15, 0.2) is 0 Å². The standard InChI is InChI=1S/C4H6O3/c1-3(5)2-4(6)7/h2,5-7H,1H2. The van der Waals surface area contributed by atoms with E-state index >= 15 is 0 Å². The first-order chi connectivity index (χ1) is 3.13. The lowest BCUT2D eigenvalue weighted by atomic mass is 10.5. The highest BCUT2D eigenvalue weighted by atomic mass is 16.5. The third kappa shape index (κ3) is 4.88. The van der Waals surface area contributed by atoms with Gasteiger partial charge in [-0.1, -0.05) is 6.58 Å². The predicted molar refractivity (Wildman–Crippen MR) is 25.1 cm³/mol. The van der Waals surface area contributed by atoms with Crippen LogP contribution in [0.3, 0.4) is 0 Å². The van der Waals surface area contributed by atoms with E-state index in [1.807, 2.05) is 0 Å². The summed E-state index contributed by atoms with van der Waals surface area (Å²) in [6, 6.07) is 0. The van der Waals surface area contributed by atoms with Crippen LogP contribution in [0.1, 0.15) is 0 Å². The summed E-state index contributed by atoms with van der Waals surface area (Å²) in [6.45, 7) is 2.95. The Hall–Kier alpha value is -1.12. The first-order valence-corrected chi connectivity index (χ1v) is 1.60. The largest absolute Gasteiger partial charge is 0.508 e. The summed E-state index contributed by atoms with van der Waals surface area (Å²) < 4.78 is 0. The molecule has 0 aromatic rings. The molecule has 0 aromatic heterocycles. The average molecular weight is 102 g/mol. The van der Waals surface area contributed by atoms with Gasteiger partial charge in [0.2, 0.25) is 0 Å². The molecule has 0 spiro atoms. The number of rotatable bonds is 1. The minimum Gasteiger partial charge on any atom is -0.508 e. The zero-order valence-corrected chi connectivity index (χ0v) is 3.63. The third-order valence-electron chi connectivity index (χ3n) is 0.296. The van der Waals surface area contributed by atoms with Crippen LogP contribution >= 0.6 is 0 Å². The van der Waals surface area contributed by atoms with Crippen molar-refractivity contribution in [3.05, 3.63) is 24.4 Å². The second-order valence-electron chi connectivity index (χ2n) is 0.994. The van der Waals surface area contributed by atoms with Crippen molar-refractivity contribution in [3.63, 3.8) is 0 Å². The second kappa shape index (κ2) is 2.12. The van der Waals surface area contributed by atoms with Gasteiger partial charge >= 0.3 is 0 Å². The van der Waals surface area contributed by atoms with E-state index in [-0.39, 0.29) is 5.76 Å². The van der Waals surface area contributed by atoms with Gasteiger partial charge in [0, 0.05) is 0 Å². The topological polar surface area (TPSA) is 60.7 Å². The zero-order chi connectivity index (χ0) is 5.86. The molecule has 0 saturated carbocycles. The van der Waals surface area contributed by atoms with Crippen molar-refractivity contribution in [3.8, 4) is 0 Å². The highest BCUT2D eigenvalue weighted by Gasteiger charge is 1.82. The van der Waals surface area contributed by atoms with Crippen LogP contribution < -0.4 is 0 Å². The molecule has 0 amide bonds. The van der Waals surface area contributed by atoms with Crippen LogP contribution in [0.15, 0.2) is 24.4 Å². The summed E-state index contributed by atoms with van der Waals surface area (Å²) in [4.78, 5) is 0. The summed E-state index contributed by atoms with van der Waals surface area (Å²) in [5, 5.41) is 24.0. The molecule has 3 heteroatoms. The van der Waals surface area contributed by atoms with Crippen LogP contribution in [-0.4, -0.2) is 15.3 Å². The molecule has 0 aliphatic heterocycles. The van der Waals surface area contributed by atoms with Crippen molar-refractivity contribution in [2.75, 3.05) is 0 Å². The van der Waals surface area contributed by atoms with Crippen LogP contribution in [0.5, 0.6) is 0 Å². The Labute approximate surface area is 40.8 Å². The number of aliphatic hydroxyl groups excluding tert-OH is 2. The van der Waals surface area contributed by atoms with Crippen molar-refractivity contribution in [2.45, 2.75) is 0 Å². The molecular weight excluding hydrogens is 96.0 g/mol. The highest BCUT2D eigenvalue weighted by Crippen LogP contribution is 1.86. The maximum absolute atomic E-state index is 8.13. The molecule has 0 rings (SSSR count). The molecule has 7 heavy (non-hydrogen) atoms. The van der Waals surface area contributed by atoms with Crippen LogP contribution in [0.4, 0.5) is 0 Å². The van der Waals surface area contributed by atoms with Gasteiger partial charge in [-0.3, -0.25) is 0 Å². The predicted octanol–water partition coefficient (Wildman–Crippen LogP) is 1.02. The summed E-state index contributed by atoms with van der Waals surface area (Å²) in [5.74, 6) is -1.31. The third-order valence-corrected chi connectivity index (χ3v) is 0.296. The Bertz CT molecular complexity index is 99.5. The van der Waals surface area contributed by atoms with E-state index in [1.54, 1.807) is 0 Å². The molecule has 0 aromatic carbocycles. The SMILES string of the molecule is C=C(O)C=C(O)O. The molecule has 3 nitrogen and oxygen atoms in total. The highest BCUT2D eigenvalue weighted by molar-refractivity contribution is 5.04. The van der Waals surface area contributed by atoms with Crippen LogP contribution in [0.2, 0.25) is 0 Å². The van der Waals surface area contributed by atoms with E-state index in [2.05, 4.69) is 6.58 Å². The van der Waals surface area contributed by atoms with Crippen molar-refractivity contribution < 1.29 is 15.3 Å². The van der Waals surface area contributed by atoms with Crippen LogP contribution in [0, 0.1) is 0 Å². The van der Waals surface area contributed by atoms with Gasteiger partial charge in [-0.25, -0.2) is 0 Å². The summed E-state index contributed by atoms with van der Waals surface area (Å²) >= 11 is 0. The first-order valence-electron chi connectivity index (χ1n) is 1.60. The average Bonchev–Trinajstić information content (AvgIpc) is 1.27.